The largest absolute Gasteiger partial charge is 0.360 e. The number of rotatable bonds is 5. The molecule has 0 spiro atoms. The van der Waals surface area contributed by atoms with Gasteiger partial charge in [0.25, 0.3) is 0 Å². The summed E-state index contributed by atoms with van der Waals surface area (Å²) in [5.41, 5.74) is 5.90. The minimum absolute atomic E-state index is 0.698. The molecular weight excluding hydrogens is 406 g/mol. The number of hydrogen-bond acceptors (Lipinski definition) is 4. The quantitative estimate of drug-likeness (QED) is 0.359. The fraction of sp³-hybridized carbons (Fsp3) is 0.308. The van der Waals surface area contributed by atoms with Crippen molar-refractivity contribution in [3.8, 4) is 22.5 Å². The lowest BCUT2D eigenvalue weighted by atomic mass is 10.0. The Labute approximate surface area is 187 Å². The van der Waals surface area contributed by atoms with Gasteiger partial charge in [-0.1, -0.05) is 41.0 Å². The van der Waals surface area contributed by atoms with Crippen LogP contribution in [0.4, 0.5) is 0 Å². The van der Waals surface area contributed by atoms with Crippen LogP contribution in [-0.2, 0) is 6.42 Å². The van der Waals surface area contributed by atoms with Crippen LogP contribution in [-0.4, -0.2) is 34.2 Å². The van der Waals surface area contributed by atoms with E-state index in [1.165, 1.54) is 24.9 Å². The molecule has 0 amide bonds. The normalized spacial score (nSPS) is 16.9. The number of nitrogens with zero attached hydrogens (tertiary/aromatic N) is 3. The lowest BCUT2D eigenvalue weighted by Gasteiger charge is -2.20. The van der Waals surface area contributed by atoms with Crippen molar-refractivity contribution in [3.63, 3.8) is 0 Å². The Morgan fingerprint density at radius 3 is 2.71 bits per heavy atom. The highest BCUT2D eigenvalue weighted by molar-refractivity contribution is 6.30. The second-order valence-electron chi connectivity index (χ2n) is 8.47. The summed E-state index contributed by atoms with van der Waals surface area (Å²) in [6.45, 7) is 6.62. The average molecular weight is 432 g/mol. The van der Waals surface area contributed by atoms with Gasteiger partial charge in [-0.25, -0.2) is 4.98 Å². The minimum atomic E-state index is 0.698. The zero-order chi connectivity index (χ0) is 21.4. The highest BCUT2D eigenvalue weighted by Gasteiger charge is 2.20. The highest BCUT2D eigenvalue weighted by atomic mass is 35.5. The predicted octanol–water partition coefficient (Wildman–Crippen LogP) is 6.55. The maximum Gasteiger partial charge on any atom is 0.143 e. The van der Waals surface area contributed by atoms with Crippen molar-refractivity contribution < 1.29 is 4.52 Å². The summed E-state index contributed by atoms with van der Waals surface area (Å²) in [7, 11) is 0. The lowest BCUT2D eigenvalue weighted by Crippen LogP contribution is -2.28. The van der Waals surface area contributed by atoms with Crippen molar-refractivity contribution in [2.45, 2.75) is 39.2 Å². The molecule has 2 aromatic heterocycles. The molecule has 0 radical (unpaired) electrons. The van der Waals surface area contributed by atoms with E-state index in [-0.39, 0.29) is 0 Å². The van der Waals surface area contributed by atoms with Crippen LogP contribution in [0.1, 0.15) is 31.1 Å². The standard InChI is InChI=1S/C26H26ClN3O/c1-17-4-3-14-30(17)15-13-19-5-11-23-21(16-19)8-12-24(28-23)25-18(2)31-29-26(25)20-6-9-22(27)10-7-20/h5-12,16-17H,3-4,13-15H2,1-2H3/t17-/m1/s1. The van der Waals surface area contributed by atoms with E-state index in [0.29, 0.717) is 11.1 Å². The third-order valence-corrected chi connectivity index (χ3v) is 6.62. The van der Waals surface area contributed by atoms with E-state index in [4.69, 9.17) is 21.1 Å². The molecule has 158 valence electrons. The molecule has 1 aliphatic heterocycles. The van der Waals surface area contributed by atoms with E-state index < -0.39 is 0 Å². The molecule has 5 heteroatoms. The van der Waals surface area contributed by atoms with Crippen LogP contribution in [0.5, 0.6) is 0 Å². The van der Waals surface area contributed by atoms with Gasteiger partial charge in [-0.15, -0.1) is 0 Å². The Bertz CT molecular complexity index is 1220. The van der Waals surface area contributed by atoms with Gasteiger partial charge >= 0.3 is 0 Å². The van der Waals surface area contributed by atoms with Crippen molar-refractivity contribution in [1.82, 2.24) is 15.0 Å². The Hall–Kier alpha value is -2.69. The molecule has 4 aromatic rings. The summed E-state index contributed by atoms with van der Waals surface area (Å²) in [5.74, 6) is 0.758. The van der Waals surface area contributed by atoms with E-state index in [2.05, 4.69) is 47.3 Å². The number of pyridine rings is 1. The molecule has 0 aliphatic carbocycles. The van der Waals surface area contributed by atoms with Gasteiger partial charge in [-0.05, 0) is 75.5 Å². The molecular formula is C26H26ClN3O. The molecule has 4 nitrogen and oxygen atoms in total. The minimum Gasteiger partial charge on any atom is -0.360 e. The zero-order valence-corrected chi connectivity index (χ0v) is 18.7. The smallest absolute Gasteiger partial charge is 0.143 e. The van der Waals surface area contributed by atoms with Crippen LogP contribution in [0, 0.1) is 6.92 Å². The van der Waals surface area contributed by atoms with Crippen molar-refractivity contribution in [2.75, 3.05) is 13.1 Å². The van der Waals surface area contributed by atoms with Gasteiger partial charge in [-0.3, -0.25) is 0 Å². The molecule has 0 unspecified atom stereocenters. The number of halogens is 1. The fourth-order valence-corrected chi connectivity index (χ4v) is 4.67. The summed E-state index contributed by atoms with van der Waals surface area (Å²) >= 11 is 6.05. The lowest BCUT2D eigenvalue weighted by molar-refractivity contribution is 0.272. The van der Waals surface area contributed by atoms with E-state index in [1.54, 1.807) is 0 Å². The number of aryl methyl sites for hydroxylation is 1. The topological polar surface area (TPSA) is 42.2 Å². The second kappa shape index (κ2) is 8.45. The first kappa shape index (κ1) is 20.2. The van der Waals surface area contributed by atoms with Gasteiger partial charge in [0.15, 0.2) is 0 Å². The second-order valence-corrected chi connectivity index (χ2v) is 8.91. The molecule has 0 N–H and O–H groups in total. The van der Waals surface area contributed by atoms with E-state index in [9.17, 15) is 0 Å². The molecule has 2 aromatic carbocycles. The van der Waals surface area contributed by atoms with E-state index >= 15 is 0 Å². The Morgan fingerprint density at radius 1 is 1.10 bits per heavy atom. The Kier molecular flexibility index (Phi) is 5.51. The van der Waals surface area contributed by atoms with Crippen LogP contribution >= 0.6 is 11.6 Å². The van der Waals surface area contributed by atoms with Gasteiger partial charge < -0.3 is 9.42 Å². The van der Waals surface area contributed by atoms with Crippen LogP contribution in [0.2, 0.25) is 5.02 Å². The Balaban J connectivity index is 1.43. The molecule has 5 rings (SSSR count). The summed E-state index contributed by atoms with van der Waals surface area (Å²) in [6.07, 6.45) is 3.73. The molecule has 0 saturated carbocycles. The van der Waals surface area contributed by atoms with Gasteiger partial charge in [0.05, 0.1) is 16.8 Å². The summed E-state index contributed by atoms with van der Waals surface area (Å²) in [6, 6.07) is 19.2. The SMILES string of the molecule is Cc1onc(-c2ccc(Cl)cc2)c1-c1ccc2cc(CCN3CCC[C@H]3C)ccc2n1. The molecule has 1 atom stereocenters. The van der Waals surface area contributed by atoms with Gasteiger partial charge in [-0.2, -0.15) is 0 Å². The molecule has 1 aliphatic rings. The summed E-state index contributed by atoms with van der Waals surface area (Å²) in [5, 5.41) is 6.15. The maximum absolute atomic E-state index is 6.05. The number of aromatic nitrogens is 2. The zero-order valence-electron chi connectivity index (χ0n) is 17.9. The number of likely N-dealkylation sites (tertiary alicyclic amines) is 1. The number of fused-ring (bicyclic) bond motifs is 1. The van der Waals surface area contributed by atoms with Gasteiger partial charge in [0, 0.05) is 28.6 Å². The molecule has 31 heavy (non-hydrogen) atoms. The molecule has 0 bridgehead atoms. The van der Waals surface area contributed by atoms with Crippen molar-refractivity contribution in [2.24, 2.45) is 0 Å². The van der Waals surface area contributed by atoms with Crippen LogP contribution < -0.4 is 0 Å². The highest BCUT2D eigenvalue weighted by Crippen LogP contribution is 2.34. The van der Waals surface area contributed by atoms with Crippen LogP contribution in [0.3, 0.4) is 0 Å². The summed E-state index contributed by atoms with van der Waals surface area (Å²) in [4.78, 5) is 7.53. The van der Waals surface area contributed by atoms with Crippen molar-refractivity contribution in [1.29, 1.82) is 0 Å². The third-order valence-electron chi connectivity index (χ3n) is 6.37. The van der Waals surface area contributed by atoms with Crippen LogP contribution in [0.15, 0.2) is 59.1 Å². The van der Waals surface area contributed by atoms with Crippen LogP contribution in [0.25, 0.3) is 33.4 Å². The number of hydrogen-bond donors (Lipinski definition) is 0. The summed E-state index contributed by atoms with van der Waals surface area (Å²) < 4.78 is 5.53. The first-order chi connectivity index (χ1) is 15.1. The van der Waals surface area contributed by atoms with Crippen molar-refractivity contribution in [3.05, 3.63) is 70.9 Å². The van der Waals surface area contributed by atoms with Gasteiger partial charge in [0.2, 0.25) is 0 Å². The molecule has 1 saturated heterocycles. The first-order valence-corrected chi connectivity index (χ1v) is 11.3. The van der Waals surface area contributed by atoms with E-state index in [0.717, 1.165) is 52.1 Å². The van der Waals surface area contributed by atoms with E-state index in [1.807, 2.05) is 31.2 Å². The Morgan fingerprint density at radius 2 is 1.94 bits per heavy atom. The fourth-order valence-electron chi connectivity index (χ4n) is 4.55. The average Bonchev–Trinajstić information content (AvgIpc) is 3.37. The first-order valence-electron chi connectivity index (χ1n) is 10.9. The molecule has 1 fully saturated rings. The third kappa shape index (κ3) is 4.10. The van der Waals surface area contributed by atoms with Gasteiger partial charge in [0.1, 0.15) is 11.5 Å². The molecule has 3 heterocycles. The monoisotopic (exact) mass is 431 g/mol. The maximum atomic E-state index is 6.05. The number of benzene rings is 2. The predicted molar refractivity (Wildman–Crippen MR) is 126 cm³/mol. The van der Waals surface area contributed by atoms with Crippen molar-refractivity contribution >= 4 is 22.5 Å².